The Labute approximate surface area is 178 Å². The minimum absolute atomic E-state index is 0.157. The Hall–Kier alpha value is -4.17. The highest BCUT2D eigenvalue weighted by atomic mass is 16.4. The standard InChI is InChI=1S/C23H21N3O5/c1-14(27)24-18-8-2-15(3-9-18)21(28)25-19-10-4-16(5-11-19)22(29)26-20-12-6-17(7-13-20)23(30)31/h2-13,22,26,29H,1H3,(H,24,27)(H,25,28)(H,30,31). The molecule has 3 rings (SSSR count). The fourth-order valence-corrected chi connectivity index (χ4v) is 2.81. The predicted molar refractivity (Wildman–Crippen MR) is 117 cm³/mol. The number of carboxylic acid groups (broad SMARTS) is 1. The summed E-state index contributed by atoms with van der Waals surface area (Å²) >= 11 is 0. The second-order valence-corrected chi connectivity index (χ2v) is 6.76. The first-order valence-corrected chi connectivity index (χ1v) is 9.39. The van der Waals surface area contributed by atoms with Gasteiger partial charge in [0, 0.05) is 35.1 Å². The summed E-state index contributed by atoms with van der Waals surface area (Å²) in [6, 6.07) is 19.2. The topological polar surface area (TPSA) is 128 Å². The fraction of sp³-hybridized carbons (Fsp3) is 0.0870. The second-order valence-electron chi connectivity index (χ2n) is 6.76. The van der Waals surface area contributed by atoms with Gasteiger partial charge in [-0.3, -0.25) is 9.59 Å². The number of carbonyl (C=O) groups is 3. The summed E-state index contributed by atoms with van der Waals surface area (Å²) in [4.78, 5) is 34.3. The monoisotopic (exact) mass is 419 g/mol. The van der Waals surface area contributed by atoms with E-state index in [1.807, 2.05) is 0 Å². The normalized spacial score (nSPS) is 11.3. The van der Waals surface area contributed by atoms with Crippen LogP contribution < -0.4 is 16.0 Å². The molecule has 31 heavy (non-hydrogen) atoms. The number of rotatable bonds is 7. The molecule has 0 aliphatic heterocycles. The van der Waals surface area contributed by atoms with Crippen molar-refractivity contribution in [2.45, 2.75) is 13.2 Å². The molecule has 0 aliphatic carbocycles. The molecule has 0 aliphatic rings. The molecule has 158 valence electrons. The lowest BCUT2D eigenvalue weighted by atomic mass is 10.1. The van der Waals surface area contributed by atoms with E-state index in [4.69, 9.17) is 5.11 Å². The van der Waals surface area contributed by atoms with Crippen LogP contribution >= 0.6 is 0 Å². The molecular weight excluding hydrogens is 398 g/mol. The van der Waals surface area contributed by atoms with Gasteiger partial charge in [-0.2, -0.15) is 0 Å². The lowest BCUT2D eigenvalue weighted by molar-refractivity contribution is -0.114. The maximum absolute atomic E-state index is 12.4. The van der Waals surface area contributed by atoms with E-state index in [0.29, 0.717) is 28.2 Å². The smallest absolute Gasteiger partial charge is 0.335 e. The molecule has 3 aromatic carbocycles. The Morgan fingerprint density at radius 1 is 0.710 bits per heavy atom. The van der Waals surface area contributed by atoms with Gasteiger partial charge in [-0.05, 0) is 60.7 Å². The number of hydrogen-bond donors (Lipinski definition) is 5. The van der Waals surface area contributed by atoms with Crippen LogP contribution in [0, 0.1) is 0 Å². The number of amides is 2. The average molecular weight is 419 g/mol. The number of hydrogen-bond acceptors (Lipinski definition) is 5. The highest BCUT2D eigenvalue weighted by Gasteiger charge is 2.10. The first kappa shape index (κ1) is 21.5. The predicted octanol–water partition coefficient (Wildman–Crippen LogP) is 3.70. The molecule has 0 saturated carbocycles. The van der Waals surface area contributed by atoms with Crippen molar-refractivity contribution in [3.63, 3.8) is 0 Å². The molecule has 1 atom stereocenters. The minimum Gasteiger partial charge on any atom is -0.478 e. The van der Waals surface area contributed by atoms with Gasteiger partial charge >= 0.3 is 5.97 Å². The summed E-state index contributed by atoms with van der Waals surface area (Å²) in [5.74, 6) is -1.51. The number of nitrogens with one attached hydrogen (secondary N) is 3. The number of aliphatic hydroxyl groups excluding tert-OH is 1. The van der Waals surface area contributed by atoms with Gasteiger partial charge in [0.1, 0.15) is 0 Å². The van der Waals surface area contributed by atoms with Crippen molar-refractivity contribution in [3.8, 4) is 0 Å². The molecule has 0 heterocycles. The summed E-state index contributed by atoms with van der Waals surface area (Å²) in [6.07, 6.45) is -1.01. The van der Waals surface area contributed by atoms with Crippen LogP contribution in [0.1, 0.15) is 39.4 Å². The highest BCUT2D eigenvalue weighted by Crippen LogP contribution is 2.20. The number of anilines is 3. The first-order chi connectivity index (χ1) is 14.8. The van der Waals surface area contributed by atoms with Gasteiger partial charge in [0.2, 0.25) is 5.91 Å². The van der Waals surface area contributed by atoms with Crippen LogP contribution in [0.4, 0.5) is 17.1 Å². The third kappa shape index (κ3) is 5.91. The van der Waals surface area contributed by atoms with E-state index in [0.717, 1.165) is 0 Å². The third-order valence-electron chi connectivity index (χ3n) is 4.39. The van der Waals surface area contributed by atoms with Crippen molar-refractivity contribution in [2.24, 2.45) is 0 Å². The van der Waals surface area contributed by atoms with Crippen molar-refractivity contribution < 1.29 is 24.6 Å². The third-order valence-corrected chi connectivity index (χ3v) is 4.39. The lowest BCUT2D eigenvalue weighted by Gasteiger charge is -2.15. The largest absolute Gasteiger partial charge is 0.478 e. The molecule has 5 N–H and O–H groups in total. The Morgan fingerprint density at radius 3 is 1.74 bits per heavy atom. The van der Waals surface area contributed by atoms with Crippen molar-refractivity contribution in [3.05, 3.63) is 89.5 Å². The molecule has 0 spiro atoms. The van der Waals surface area contributed by atoms with Gasteiger partial charge in [-0.25, -0.2) is 4.79 Å². The van der Waals surface area contributed by atoms with E-state index in [-0.39, 0.29) is 17.4 Å². The van der Waals surface area contributed by atoms with Crippen LogP contribution in [0.25, 0.3) is 0 Å². The molecule has 3 aromatic rings. The SMILES string of the molecule is CC(=O)Nc1ccc(C(=O)Nc2ccc(C(O)Nc3ccc(C(=O)O)cc3)cc2)cc1. The van der Waals surface area contributed by atoms with E-state index < -0.39 is 12.2 Å². The zero-order valence-electron chi connectivity index (χ0n) is 16.6. The quantitative estimate of drug-likeness (QED) is 0.372. The number of benzene rings is 3. The maximum atomic E-state index is 12.4. The molecule has 2 amide bonds. The van der Waals surface area contributed by atoms with E-state index in [1.54, 1.807) is 60.7 Å². The van der Waals surface area contributed by atoms with Crippen LogP contribution in [0.3, 0.4) is 0 Å². The molecule has 0 saturated heterocycles. The van der Waals surface area contributed by atoms with Gasteiger partial charge in [-0.15, -0.1) is 0 Å². The second kappa shape index (κ2) is 9.55. The van der Waals surface area contributed by atoms with Crippen LogP contribution in [-0.4, -0.2) is 28.0 Å². The summed E-state index contributed by atoms with van der Waals surface area (Å²) in [5.41, 5.74) is 2.89. The van der Waals surface area contributed by atoms with Crippen LogP contribution in [0.5, 0.6) is 0 Å². The van der Waals surface area contributed by atoms with Crippen LogP contribution in [0.15, 0.2) is 72.8 Å². The summed E-state index contributed by atoms with van der Waals surface area (Å²) < 4.78 is 0. The Kier molecular flexibility index (Phi) is 6.64. The summed E-state index contributed by atoms with van der Waals surface area (Å²) in [6.45, 7) is 1.41. The van der Waals surface area contributed by atoms with E-state index in [9.17, 15) is 19.5 Å². The van der Waals surface area contributed by atoms with Crippen molar-refractivity contribution >= 4 is 34.8 Å². The summed E-state index contributed by atoms with van der Waals surface area (Å²) in [7, 11) is 0. The minimum atomic E-state index is -1.02. The number of aliphatic hydroxyl groups is 1. The van der Waals surface area contributed by atoms with Gasteiger partial charge in [-0.1, -0.05) is 12.1 Å². The van der Waals surface area contributed by atoms with Gasteiger partial charge < -0.3 is 26.2 Å². The zero-order chi connectivity index (χ0) is 22.4. The summed E-state index contributed by atoms with van der Waals surface area (Å²) in [5, 5.41) is 27.5. The number of carbonyl (C=O) groups excluding carboxylic acids is 2. The Balaban J connectivity index is 1.59. The fourth-order valence-electron chi connectivity index (χ4n) is 2.81. The zero-order valence-corrected chi connectivity index (χ0v) is 16.6. The van der Waals surface area contributed by atoms with Crippen LogP contribution in [-0.2, 0) is 4.79 Å². The lowest BCUT2D eigenvalue weighted by Crippen LogP contribution is -2.13. The maximum Gasteiger partial charge on any atom is 0.335 e. The molecule has 0 aromatic heterocycles. The van der Waals surface area contributed by atoms with Crippen molar-refractivity contribution in [1.82, 2.24) is 0 Å². The van der Waals surface area contributed by atoms with E-state index in [2.05, 4.69) is 16.0 Å². The molecule has 0 fully saturated rings. The van der Waals surface area contributed by atoms with Crippen molar-refractivity contribution in [2.75, 3.05) is 16.0 Å². The van der Waals surface area contributed by atoms with Crippen molar-refractivity contribution in [1.29, 1.82) is 0 Å². The molecule has 0 bridgehead atoms. The number of carboxylic acids is 1. The first-order valence-electron chi connectivity index (χ1n) is 9.39. The molecule has 0 radical (unpaired) electrons. The van der Waals surface area contributed by atoms with Gasteiger partial charge in [0.25, 0.3) is 5.91 Å². The van der Waals surface area contributed by atoms with E-state index >= 15 is 0 Å². The van der Waals surface area contributed by atoms with E-state index in [1.165, 1.54) is 19.1 Å². The Bertz CT molecular complexity index is 1080. The molecule has 8 nitrogen and oxygen atoms in total. The number of aromatic carboxylic acids is 1. The molecular formula is C23H21N3O5. The van der Waals surface area contributed by atoms with Crippen LogP contribution in [0.2, 0.25) is 0 Å². The average Bonchev–Trinajstić information content (AvgIpc) is 2.74. The van der Waals surface area contributed by atoms with Gasteiger partial charge in [0.15, 0.2) is 6.23 Å². The molecule has 8 heteroatoms. The highest BCUT2D eigenvalue weighted by molar-refractivity contribution is 6.04. The Morgan fingerprint density at radius 2 is 1.19 bits per heavy atom. The molecule has 1 unspecified atom stereocenters. The van der Waals surface area contributed by atoms with Gasteiger partial charge in [0.05, 0.1) is 5.56 Å².